The number of hydrogen-bond acceptors (Lipinski definition) is 4. The Labute approximate surface area is 127 Å². The molecule has 1 N–H and O–H groups in total. The van der Waals surface area contributed by atoms with Crippen molar-refractivity contribution >= 4 is 11.8 Å². The summed E-state index contributed by atoms with van der Waals surface area (Å²) in [4.78, 5) is 0. The average Bonchev–Trinajstić information content (AvgIpc) is 2.41. The van der Waals surface area contributed by atoms with Crippen LogP contribution in [0.4, 0.5) is 0 Å². The molecule has 0 saturated carbocycles. The first kappa shape index (κ1) is 17.2. The molecule has 0 aliphatic heterocycles. The van der Waals surface area contributed by atoms with Gasteiger partial charge in [0.2, 0.25) is 0 Å². The summed E-state index contributed by atoms with van der Waals surface area (Å²) >= 11 is 1.96. The maximum Gasteiger partial charge on any atom is 0.122 e. The zero-order chi connectivity index (χ0) is 15.2. The third-order valence-electron chi connectivity index (χ3n) is 2.91. The number of hydrogen-bond donors (Lipinski definition) is 1. The monoisotopic (exact) mass is 297 g/mol. The molecule has 0 spiro atoms. The van der Waals surface area contributed by atoms with E-state index in [1.807, 2.05) is 17.8 Å². The van der Waals surface area contributed by atoms with E-state index in [-0.39, 0.29) is 4.75 Å². The third-order valence-corrected chi connectivity index (χ3v) is 4.28. The zero-order valence-corrected chi connectivity index (χ0v) is 14.3. The van der Waals surface area contributed by atoms with Gasteiger partial charge in [0.1, 0.15) is 11.5 Å². The number of thioether (sulfide) groups is 1. The van der Waals surface area contributed by atoms with Crippen molar-refractivity contribution in [1.82, 2.24) is 5.32 Å². The number of methoxy groups -OCH3 is 2. The van der Waals surface area contributed by atoms with E-state index in [2.05, 4.69) is 45.1 Å². The quantitative estimate of drug-likeness (QED) is 0.827. The highest BCUT2D eigenvalue weighted by Crippen LogP contribution is 2.31. The van der Waals surface area contributed by atoms with Crippen LogP contribution in [0.2, 0.25) is 0 Å². The first-order valence-corrected chi connectivity index (χ1v) is 7.98. The Hall–Kier alpha value is -0.870. The van der Waals surface area contributed by atoms with E-state index in [0.29, 0.717) is 6.04 Å². The van der Waals surface area contributed by atoms with Crippen LogP contribution in [0.1, 0.15) is 39.3 Å². The molecule has 114 valence electrons. The van der Waals surface area contributed by atoms with E-state index in [0.717, 1.165) is 23.8 Å². The van der Waals surface area contributed by atoms with Crippen molar-refractivity contribution in [3.8, 4) is 11.5 Å². The topological polar surface area (TPSA) is 30.5 Å². The van der Waals surface area contributed by atoms with Crippen molar-refractivity contribution in [2.75, 3.05) is 26.5 Å². The molecule has 0 amide bonds. The first-order chi connectivity index (χ1) is 9.39. The zero-order valence-electron chi connectivity index (χ0n) is 13.4. The minimum absolute atomic E-state index is 0.261. The third kappa shape index (κ3) is 5.63. The van der Waals surface area contributed by atoms with Crippen LogP contribution >= 0.6 is 11.8 Å². The molecule has 1 atom stereocenters. The van der Waals surface area contributed by atoms with Crippen LogP contribution in [0.25, 0.3) is 0 Å². The molecule has 1 unspecified atom stereocenters. The van der Waals surface area contributed by atoms with Gasteiger partial charge in [-0.2, -0.15) is 11.8 Å². The predicted octanol–water partition coefficient (Wildman–Crippen LogP) is 3.89. The van der Waals surface area contributed by atoms with Gasteiger partial charge in [0.05, 0.1) is 14.2 Å². The van der Waals surface area contributed by atoms with Crippen LogP contribution in [-0.2, 0) is 0 Å². The van der Waals surface area contributed by atoms with Crippen LogP contribution in [0.5, 0.6) is 11.5 Å². The molecule has 0 saturated heterocycles. The largest absolute Gasteiger partial charge is 0.497 e. The molecule has 0 fully saturated rings. The first-order valence-electron chi connectivity index (χ1n) is 7.00. The van der Waals surface area contributed by atoms with Crippen molar-refractivity contribution in [3.05, 3.63) is 23.8 Å². The van der Waals surface area contributed by atoms with Crippen LogP contribution in [0.15, 0.2) is 18.2 Å². The van der Waals surface area contributed by atoms with Gasteiger partial charge in [-0.3, -0.25) is 0 Å². The van der Waals surface area contributed by atoms with Gasteiger partial charge in [-0.25, -0.2) is 0 Å². The number of nitrogens with one attached hydrogen (secondary N) is 1. The standard InChI is InChI=1S/C16H27NO2S/c1-7-17-15(11-20-16(2,3)4)12-8-13(18-5)10-14(9-12)19-6/h8-10,15,17H,7,11H2,1-6H3. The number of rotatable bonds is 7. The second kappa shape index (κ2) is 7.79. The second-order valence-corrected chi connectivity index (χ2v) is 7.53. The minimum atomic E-state index is 0.261. The van der Waals surface area contributed by atoms with E-state index in [9.17, 15) is 0 Å². The highest BCUT2D eigenvalue weighted by atomic mass is 32.2. The van der Waals surface area contributed by atoms with Crippen molar-refractivity contribution in [2.45, 2.75) is 38.5 Å². The normalized spacial score (nSPS) is 13.1. The lowest BCUT2D eigenvalue weighted by Crippen LogP contribution is -2.25. The molecule has 1 aromatic rings. The van der Waals surface area contributed by atoms with Crippen LogP contribution < -0.4 is 14.8 Å². The van der Waals surface area contributed by atoms with Gasteiger partial charge >= 0.3 is 0 Å². The fraction of sp³-hybridized carbons (Fsp3) is 0.625. The van der Waals surface area contributed by atoms with Crippen LogP contribution in [0, 0.1) is 0 Å². The van der Waals surface area contributed by atoms with E-state index in [4.69, 9.17) is 9.47 Å². The molecule has 0 aliphatic rings. The number of benzene rings is 1. The number of ether oxygens (including phenoxy) is 2. The highest BCUT2D eigenvalue weighted by molar-refractivity contribution is 8.00. The fourth-order valence-electron chi connectivity index (χ4n) is 1.88. The molecule has 0 radical (unpaired) electrons. The molecule has 1 rings (SSSR count). The lowest BCUT2D eigenvalue weighted by atomic mass is 10.1. The van der Waals surface area contributed by atoms with Crippen molar-refractivity contribution in [2.24, 2.45) is 0 Å². The molecule has 0 aliphatic carbocycles. The van der Waals surface area contributed by atoms with Gasteiger partial charge in [-0.1, -0.05) is 27.7 Å². The molecule has 0 heterocycles. The van der Waals surface area contributed by atoms with Crippen molar-refractivity contribution in [1.29, 1.82) is 0 Å². The van der Waals surface area contributed by atoms with E-state index in [1.165, 1.54) is 5.56 Å². The molecule has 0 aromatic heterocycles. The van der Waals surface area contributed by atoms with Crippen LogP contribution in [0.3, 0.4) is 0 Å². The molecule has 20 heavy (non-hydrogen) atoms. The summed E-state index contributed by atoms with van der Waals surface area (Å²) in [5.41, 5.74) is 1.21. The molecule has 4 heteroatoms. The lowest BCUT2D eigenvalue weighted by molar-refractivity contribution is 0.392. The average molecular weight is 297 g/mol. The van der Waals surface area contributed by atoms with E-state index >= 15 is 0 Å². The Kier molecular flexibility index (Phi) is 6.69. The van der Waals surface area contributed by atoms with Gasteiger partial charge in [0.15, 0.2) is 0 Å². The smallest absolute Gasteiger partial charge is 0.122 e. The summed E-state index contributed by atoms with van der Waals surface area (Å²) in [6.45, 7) is 9.80. The Morgan fingerprint density at radius 2 is 1.65 bits per heavy atom. The fourth-order valence-corrected chi connectivity index (χ4v) is 2.86. The van der Waals surface area contributed by atoms with Gasteiger partial charge in [-0.15, -0.1) is 0 Å². The van der Waals surface area contributed by atoms with Gasteiger partial charge in [-0.05, 0) is 24.2 Å². The molecule has 0 bridgehead atoms. The Bertz CT molecular complexity index is 393. The molecular weight excluding hydrogens is 270 g/mol. The summed E-state index contributed by atoms with van der Waals surface area (Å²) in [6, 6.07) is 6.37. The maximum atomic E-state index is 5.36. The van der Waals surface area contributed by atoms with E-state index in [1.54, 1.807) is 14.2 Å². The Morgan fingerprint density at radius 1 is 1.10 bits per heavy atom. The van der Waals surface area contributed by atoms with Crippen LogP contribution in [-0.4, -0.2) is 31.3 Å². The predicted molar refractivity (Wildman–Crippen MR) is 88.2 cm³/mol. The van der Waals surface area contributed by atoms with E-state index < -0.39 is 0 Å². The van der Waals surface area contributed by atoms with Gasteiger partial charge in [0.25, 0.3) is 0 Å². The highest BCUT2D eigenvalue weighted by Gasteiger charge is 2.18. The Morgan fingerprint density at radius 3 is 2.05 bits per heavy atom. The van der Waals surface area contributed by atoms with Gasteiger partial charge < -0.3 is 14.8 Å². The van der Waals surface area contributed by atoms with Crippen molar-refractivity contribution < 1.29 is 9.47 Å². The Balaban J connectivity index is 2.95. The molecule has 3 nitrogen and oxygen atoms in total. The maximum absolute atomic E-state index is 5.36. The van der Waals surface area contributed by atoms with Gasteiger partial charge in [0, 0.05) is 22.6 Å². The molecule has 1 aromatic carbocycles. The summed E-state index contributed by atoms with van der Waals surface area (Å²) in [6.07, 6.45) is 0. The minimum Gasteiger partial charge on any atom is -0.497 e. The summed E-state index contributed by atoms with van der Waals surface area (Å²) < 4.78 is 11.0. The summed E-state index contributed by atoms with van der Waals surface area (Å²) in [5, 5.41) is 3.54. The SMILES string of the molecule is CCNC(CSC(C)(C)C)c1cc(OC)cc(OC)c1. The summed E-state index contributed by atoms with van der Waals surface area (Å²) in [7, 11) is 3.37. The molecular formula is C16H27NO2S. The lowest BCUT2D eigenvalue weighted by Gasteiger charge is -2.24. The second-order valence-electron chi connectivity index (χ2n) is 5.68. The van der Waals surface area contributed by atoms with Crippen molar-refractivity contribution in [3.63, 3.8) is 0 Å². The summed E-state index contributed by atoms with van der Waals surface area (Å²) in [5.74, 6) is 2.69.